The zero-order chi connectivity index (χ0) is 26.2. The third-order valence-corrected chi connectivity index (χ3v) is 7.28. The molecule has 0 saturated heterocycles. The molecule has 2 aromatic heterocycles. The highest BCUT2D eigenvalue weighted by atomic mass is 16.2. The zero-order valence-electron chi connectivity index (χ0n) is 21.3. The number of aryl methyl sites for hydroxylation is 1. The average Bonchev–Trinajstić information content (AvgIpc) is 3.35. The molecule has 0 aliphatic carbocycles. The number of anilines is 2. The van der Waals surface area contributed by atoms with Crippen molar-refractivity contribution in [1.82, 2.24) is 14.5 Å². The number of hydrogen-bond donors (Lipinski definition) is 1. The second-order valence-corrected chi connectivity index (χ2v) is 9.54. The highest BCUT2D eigenvalue weighted by Gasteiger charge is 2.36. The van der Waals surface area contributed by atoms with E-state index in [1.807, 2.05) is 30.3 Å². The Balaban J connectivity index is 1.16. The lowest BCUT2D eigenvalue weighted by molar-refractivity contribution is 0.0926. The van der Waals surface area contributed by atoms with E-state index in [1.165, 1.54) is 21.7 Å². The van der Waals surface area contributed by atoms with Gasteiger partial charge in [0.2, 0.25) is 0 Å². The molecule has 188 valence electrons. The predicted molar refractivity (Wildman–Crippen MR) is 149 cm³/mol. The van der Waals surface area contributed by atoms with Crippen LogP contribution in [0.25, 0.3) is 11.0 Å². The van der Waals surface area contributed by atoms with Crippen LogP contribution in [0.4, 0.5) is 11.5 Å². The van der Waals surface area contributed by atoms with Gasteiger partial charge in [-0.3, -0.25) is 9.59 Å². The van der Waals surface area contributed by atoms with Crippen LogP contribution in [0.5, 0.6) is 0 Å². The Kier molecular flexibility index (Phi) is 5.96. The van der Waals surface area contributed by atoms with Crippen LogP contribution >= 0.6 is 0 Å². The summed E-state index contributed by atoms with van der Waals surface area (Å²) in [6, 6.07) is 24.9. The van der Waals surface area contributed by atoms with Gasteiger partial charge < -0.3 is 9.88 Å². The molecule has 1 aliphatic rings. The molecule has 0 bridgehead atoms. The Morgan fingerprint density at radius 3 is 2.11 bits per heavy atom. The number of imide groups is 1. The number of aromatic nitrogens is 3. The minimum absolute atomic E-state index is 0.280. The van der Waals surface area contributed by atoms with Gasteiger partial charge in [0.25, 0.3) is 11.8 Å². The highest BCUT2D eigenvalue weighted by Crippen LogP contribution is 2.30. The van der Waals surface area contributed by atoms with Gasteiger partial charge in [-0.25, -0.2) is 14.9 Å². The van der Waals surface area contributed by atoms with Crippen LogP contribution < -0.4 is 10.2 Å². The van der Waals surface area contributed by atoms with Crippen LogP contribution in [-0.4, -0.2) is 32.9 Å². The summed E-state index contributed by atoms with van der Waals surface area (Å²) in [7, 11) is 0. The number of carbonyl (C=O) groups is 2. The smallest absolute Gasteiger partial charge is 0.266 e. The Bertz CT molecular complexity index is 1640. The molecule has 5 aromatic rings. The molecule has 1 aliphatic heterocycles. The van der Waals surface area contributed by atoms with E-state index in [0.29, 0.717) is 23.4 Å². The quantitative estimate of drug-likeness (QED) is 0.296. The lowest BCUT2D eigenvalue weighted by atomic mass is 10.1. The van der Waals surface area contributed by atoms with E-state index in [9.17, 15) is 9.59 Å². The molecule has 3 aromatic carbocycles. The van der Waals surface area contributed by atoms with Crippen LogP contribution in [0.1, 0.15) is 43.1 Å². The molecule has 7 nitrogen and oxygen atoms in total. The van der Waals surface area contributed by atoms with Crippen molar-refractivity contribution in [1.29, 1.82) is 0 Å². The normalized spacial score (nSPS) is 12.8. The SMILES string of the molecule is Cc1c(C)n(Cc2ccccc2)c2ncnc(NCCc3ccc(N4C(=O)c5ccccc5C4=O)cc3)c12. The Labute approximate surface area is 220 Å². The van der Waals surface area contributed by atoms with Gasteiger partial charge in [-0.15, -0.1) is 0 Å². The lowest BCUT2D eigenvalue weighted by Crippen LogP contribution is -2.29. The molecule has 38 heavy (non-hydrogen) atoms. The number of rotatable bonds is 7. The van der Waals surface area contributed by atoms with E-state index < -0.39 is 0 Å². The van der Waals surface area contributed by atoms with Gasteiger partial charge in [-0.2, -0.15) is 0 Å². The van der Waals surface area contributed by atoms with E-state index >= 15 is 0 Å². The van der Waals surface area contributed by atoms with Gasteiger partial charge >= 0.3 is 0 Å². The molecule has 2 amide bonds. The maximum Gasteiger partial charge on any atom is 0.266 e. The topological polar surface area (TPSA) is 80.1 Å². The zero-order valence-corrected chi connectivity index (χ0v) is 21.3. The molecule has 6 rings (SSSR count). The fraction of sp³-hybridized carbons (Fsp3) is 0.161. The number of amides is 2. The summed E-state index contributed by atoms with van der Waals surface area (Å²) >= 11 is 0. The molecular weight excluding hydrogens is 474 g/mol. The summed E-state index contributed by atoms with van der Waals surface area (Å²) in [5.74, 6) is 0.264. The Morgan fingerprint density at radius 1 is 0.763 bits per heavy atom. The number of benzene rings is 3. The number of fused-ring (bicyclic) bond motifs is 2. The minimum atomic E-state index is -0.280. The summed E-state index contributed by atoms with van der Waals surface area (Å²) in [6.45, 7) is 5.68. The standard InChI is InChI=1S/C31H27N5O2/c1-20-21(2)35(18-23-8-4-3-5-9-23)29-27(20)28(33-19-34-29)32-17-16-22-12-14-24(15-13-22)36-30(37)25-10-6-7-11-26(25)31(36)38/h3-15,19H,16-18H2,1-2H3,(H,32,33,34). The molecule has 3 heterocycles. The van der Waals surface area contributed by atoms with Crippen molar-refractivity contribution in [2.24, 2.45) is 0 Å². The molecule has 0 atom stereocenters. The van der Waals surface area contributed by atoms with Crippen molar-refractivity contribution in [3.63, 3.8) is 0 Å². The molecule has 0 spiro atoms. The van der Waals surface area contributed by atoms with Crippen molar-refractivity contribution >= 4 is 34.4 Å². The van der Waals surface area contributed by atoms with Crippen molar-refractivity contribution in [2.45, 2.75) is 26.8 Å². The van der Waals surface area contributed by atoms with Crippen molar-refractivity contribution in [3.8, 4) is 0 Å². The van der Waals surface area contributed by atoms with Gasteiger partial charge in [-0.1, -0.05) is 54.6 Å². The van der Waals surface area contributed by atoms with Crippen LogP contribution in [-0.2, 0) is 13.0 Å². The number of carbonyl (C=O) groups excluding carboxylic acids is 2. The summed E-state index contributed by atoms with van der Waals surface area (Å²) in [5, 5.41) is 4.54. The minimum Gasteiger partial charge on any atom is -0.369 e. The average molecular weight is 502 g/mol. The van der Waals surface area contributed by atoms with E-state index in [0.717, 1.165) is 35.4 Å². The van der Waals surface area contributed by atoms with Crippen LogP contribution in [0.3, 0.4) is 0 Å². The van der Waals surface area contributed by atoms with Gasteiger partial charge in [0.05, 0.1) is 22.2 Å². The third-order valence-electron chi connectivity index (χ3n) is 7.28. The van der Waals surface area contributed by atoms with Crippen LogP contribution in [0, 0.1) is 13.8 Å². The number of hydrogen-bond acceptors (Lipinski definition) is 5. The fourth-order valence-corrected chi connectivity index (χ4v) is 5.12. The maximum atomic E-state index is 12.8. The fourth-order valence-electron chi connectivity index (χ4n) is 5.12. The van der Waals surface area contributed by atoms with Crippen LogP contribution in [0.2, 0.25) is 0 Å². The van der Waals surface area contributed by atoms with E-state index in [4.69, 9.17) is 0 Å². The summed E-state index contributed by atoms with van der Waals surface area (Å²) in [4.78, 5) is 35.9. The molecule has 0 saturated carbocycles. The first-order chi connectivity index (χ1) is 18.5. The highest BCUT2D eigenvalue weighted by molar-refractivity contribution is 6.34. The van der Waals surface area contributed by atoms with Crippen LogP contribution in [0.15, 0.2) is 85.2 Å². The Hall–Kier alpha value is -4.78. The van der Waals surface area contributed by atoms with Gasteiger partial charge in [0.1, 0.15) is 17.8 Å². The number of nitrogens with one attached hydrogen (secondary N) is 1. The van der Waals surface area contributed by atoms with Crippen molar-refractivity contribution in [2.75, 3.05) is 16.8 Å². The third kappa shape index (κ3) is 4.02. The van der Waals surface area contributed by atoms with Crippen molar-refractivity contribution in [3.05, 3.63) is 119 Å². The summed E-state index contributed by atoms with van der Waals surface area (Å²) in [6.07, 6.45) is 2.37. The molecular formula is C31H27N5O2. The van der Waals surface area contributed by atoms with E-state index in [1.54, 1.807) is 30.6 Å². The first-order valence-electron chi connectivity index (χ1n) is 12.7. The van der Waals surface area contributed by atoms with Crippen molar-refractivity contribution < 1.29 is 9.59 Å². The number of nitrogens with zero attached hydrogens (tertiary/aromatic N) is 4. The Morgan fingerprint density at radius 2 is 1.42 bits per heavy atom. The van der Waals surface area contributed by atoms with Gasteiger partial charge in [0, 0.05) is 18.8 Å². The van der Waals surface area contributed by atoms with E-state index in [-0.39, 0.29) is 11.8 Å². The largest absolute Gasteiger partial charge is 0.369 e. The molecule has 0 unspecified atom stereocenters. The first-order valence-corrected chi connectivity index (χ1v) is 12.7. The summed E-state index contributed by atoms with van der Waals surface area (Å²) in [5.41, 5.74) is 7.07. The first kappa shape index (κ1) is 23.6. The maximum absolute atomic E-state index is 12.8. The summed E-state index contributed by atoms with van der Waals surface area (Å²) < 4.78 is 2.24. The second kappa shape index (κ2) is 9.59. The van der Waals surface area contributed by atoms with Gasteiger partial charge in [0.15, 0.2) is 0 Å². The second-order valence-electron chi connectivity index (χ2n) is 9.54. The molecule has 0 radical (unpaired) electrons. The predicted octanol–water partition coefficient (Wildman–Crippen LogP) is 5.55. The van der Waals surface area contributed by atoms with Gasteiger partial charge in [-0.05, 0) is 61.2 Å². The molecule has 1 N–H and O–H groups in total. The molecule has 0 fully saturated rings. The van der Waals surface area contributed by atoms with E-state index in [2.05, 4.69) is 58.0 Å². The monoisotopic (exact) mass is 501 g/mol. The lowest BCUT2D eigenvalue weighted by Gasteiger charge is -2.14. The molecule has 7 heteroatoms.